The minimum absolute atomic E-state index is 0.150. The molecule has 3 heterocycles. The molecule has 0 N–H and O–H groups in total. The highest BCUT2D eigenvalue weighted by atomic mass is 16.5. The first-order valence-electron chi connectivity index (χ1n) is 9.12. The van der Waals surface area contributed by atoms with E-state index in [2.05, 4.69) is 40.4 Å². The summed E-state index contributed by atoms with van der Waals surface area (Å²) in [5, 5.41) is 8.39. The van der Waals surface area contributed by atoms with Crippen molar-refractivity contribution in [2.75, 3.05) is 39.3 Å². The predicted molar refractivity (Wildman–Crippen MR) is 90.8 cm³/mol. The van der Waals surface area contributed by atoms with Crippen molar-refractivity contribution in [3.8, 4) is 0 Å². The van der Waals surface area contributed by atoms with Crippen molar-refractivity contribution >= 4 is 5.91 Å². The number of ether oxygens (including phenoxy) is 1. The van der Waals surface area contributed by atoms with Gasteiger partial charge in [-0.3, -0.25) is 9.69 Å². The number of amides is 1. The molecule has 2 aliphatic rings. The summed E-state index contributed by atoms with van der Waals surface area (Å²) in [4.78, 5) is 17.0. The van der Waals surface area contributed by atoms with Gasteiger partial charge in [-0.2, -0.15) is 0 Å². The zero-order valence-electron chi connectivity index (χ0n) is 15.0. The van der Waals surface area contributed by atoms with Crippen molar-refractivity contribution in [1.29, 1.82) is 0 Å². The molecule has 2 saturated heterocycles. The number of rotatable bonds is 4. The lowest BCUT2D eigenvalue weighted by Gasteiger charge is -2.37. The number of morpholine rings is 1. The maximum absolute atomic E-state index is 12.7. The summed E-state index contributed by atoms with van der Waals surface area (Å²) in [5.74, 6) is 1.60. The summed E-state index contributed by atoms with van der Waals surface area (Å²) < 4.78 is 7.86. The Morgan fingerprint density at radius 2 is 2.08 bits per heavy atom. The Hall–Kier alpha value is -1.47. The molecule has 1 atom stereocenters. The molecule has 2 fully saturated rings. The number of piperidine rings is 1. The molecule has 1 aromatic heterocycles. The zero-order chi connectivity index (χ0) is 17.1. The number of carbonyl (C=O) groups excluding carboxylic acids is 1. The molecule has 3 rings (SSSR count). The topological polar surface area (TPSA) is 63.5 Å². The Bertz CT molecular complexity index is 551. The largest absolute Gasteiger partial charge is 0.366 e. The molecule has 7 heteroatoms. The lowest BCUT2D eigenvalue weighted by Crippen LogP contribution is -2.52. The molecule has 1 aromatic rings. The molecule has 0 bridgehead atoms. The summed E-state index contributed by atoms with van der Waals surface area (Å²) in [7, 11) is 0. The molecule has 134 valence electrons. The maximum Gasteiger partial charge on any atom is 0.253 e. The lowest BCUT2D eigenvalue weighted by atomic mass is 9.95. The third-order valence-corrected chi connectivity index (χ3v) is 5.20. The predicted octanol–water partition coefficient (Wildman–Crippen LogP) is 1.29. The van der Waals surface area contributed by atoms with Gasteiger partial charge in [0.05, 0.1) is 6.61 Å². The van der Waals surface area contributed by atoms with Gasteiger partial charge in [0.15, 0.2) is 0 Å². The van der Waals surface area contributed by atoms with Gasteiger partial charge < -0.3 is 14.2 Å². The number of likely N-dealkylation sites (tertiary alicyclic amines) is 1. The fourth-order valence-electron chi connectivity index (χ4n) is 3.64. The van der Waals surface area contributed by atoms with Gasteiger partial charge >= 0.3 is 0 Å². The van der Waals surface area contributed by atoms with Crippen LogP contribution in [0.2, 0.25) is 0 Å². The Balaban J connectivity index is 1.56. The molecule has 0 radical (unpaired) electrons. The van der Waals surface area contributed by atoms with Gasteiger partial charge in [0.2, 0.25) is 0 Å². The van der Waals surface area contributed by atoms with E-state index in [4.69, 9.17) is 4.74 Å². The average Bonchev–Trinajstić information content (AvgIpc) is 3.11. The first-order chi connectivity index (χ1) is 11.6. The molecule has 0 aliphatic carbocycles. The minimum atomic E-state index is -0.297. The smallest absolute Gasteiger partial charge is 0.253 e. The van der Waals surface area contributed by atoms with Crippen LogP contribution in [0.15, 0.2) is 6.33 Å². The van der Waals surface area contributed by atoms with Crippen LogP contribution in [0.1, 0.15) is 51.4 Å². The van der Waals surface area contributed by atoms with E-state index in [1.54, 1.807) is 0 Å². The lowest BCUT2D eigenvalue weighted by molar-refractivity contribution is -0.150. The van der Waals surface area contributed by atoms with E-state index >= 15 is 0 Å². The monoisotopic (exact) mass is 335 g/mol. The van der Waals surface area contributed by atoms with Crippen LogP contribution in [0.5, 0.6) is 0 Å². The van der Waals surface area contributed by atoms with Crippen LogP contribution >= 0.6 is 0 Å². The second-order valence-corrected chi connectivity index (χ2v) is 7.04. The van der Waals surface area contributed by atoms with Crippen LogP contribution in [-0.4, -0.2) is 75.9 Å². The Morgan fingerprint density at radius 3 is 2.75 bits per heavy atom. The van der Waals surface area contributed by atoms with E-state index in [-0.39, 0.29) is 12.0 Å². The summed E-state index contributed by atoms with van der Waals surface area (Å²) in [6, 6.07) is 0.366. The van der Waals surface area contributed by atoms with Gasteiger partial charge in [-0.15, -0.1) is 10.2 Å². The highest BCUT2D eigenvalue weighted by Gasteiger charge is 2.33. The van der Waals surface area contributed by atoms with Gasteiger partial charge in [0.1, 0.15) is 18.3 Å². The SMILES string of the molecule is CCN1CCOC(C(=O)N2CCC(c3nncn3C(C)C)CC2)C1. The molecular weight excluding hydrogens is 306 g/mol. The third-order valence-electron chi connectivity index (χ3n) is 5.20. The molecule has 7 nitrogen and oxygen atoms in total. The van der Waals surface area contributed by atoms with E-state index in [1.807, 2.05) is 11.2 Å². The van der Waals surface area contributed by atoms with E-state index < -0.39 is 0 Å². The van der Waals surface area contributed by atoms with Crippen molar-refractivity contribution in [1.82, 2.24) is 24.6 Å². The van der Waals surface area contributed by atoms with Crippen molar-refractivity contribution in [3.63, 3.8) is 0 Å². The number of hydrogen-bond acceptors (Lipinski definition) is 5. The van der Waals surface area contributed by atoms with Gasteiger partial charge in [-0.1, -0.05) is 6.92 Å². The standard InChI is InChI=1S/C17H29N5O2/c1-4-20-9-10-24-15(11-20)17(23)21-7-5-14(6-8-21)16-19-18-12-22(16)13(2)3/h12-15H,4-11H2,1-3H3. The van der Waals surface area contributed by atoms with Crippen molar-refractivity contribution in [2.45, 2.75) is 51.7 Å². The summed E-state index contributed by atoms with van der Waals surface area (Å²) >= 11 is 0. The second-order valence-electron chi connectivity index (χ2n) is 7.04. The second kappa shape index (κ2) is 7.61. The quantitative estimate of drug-likeness (QED) is 0.829. The van der Waals surface area contributed by atoms with E-state index in [1.165, 1.54) is 0 Å². The Labute approximate surface area is 144 Å². The van der Waals surface area contributed by atoms with Crippen LogP contribution < -0.4 is 0 Å². The third kappa shape index (κ3) is 3.62. The normalized spacial score (nSPS) is 23.8. The van der Waals surface area contributed by atoms with Gasteiger partial charge in [0, 0.05) is 38.1 Å². The molecule has 0 aromatic carbocycles. The average molecular weight is 335 g/mol. The number of likely N-dealkylation sites (N-methyl/N-ethyl adjacent to an activating group) is 1. The molecule has 2 aliphatic heterocycles. The molecule has 24 heavy (non-hydrogen) atoms. The number of nitrogens with zero attached hydrogens (tertiary/aromatic N) is 5. The number of hydrogen-bond donors (Lipinski definition) is 0. The first kappa shape index (κ1) is 17.4. The molecule has 1 unspecified atom stereocenters. The van der Waals surface area contributed by atoms with Crippen LogP contribution in [-0.2, 0) is 9.53 Å². The van der Waals surface area contributed by atoms with Gasteiger partial charge in [-0.25, -0.2) is 0 Å². The number of aromatic nitrogens is 3. The van der Waals surface area contributed by atoms with Crippen molar-refractivity contribution < 1.29 is 9.53 Å². The first-order valence-corrected chi connectivity index (χ1v) is 9.12. The fraction of sp³-hybridized carbons (Fsp3) is 0.824. The summed E-state index contributed by atoms with van der Waals surface area (Å²) in [6.45, 7) is 11.2. The van der Waals surface area contributed by atoms with Crippen LogP contribution in [0.3, 0.4) is 0 Å². The Kier molecular flexibility index (Phi) is 5.50. The van der Waals surface area contributed by atoms with Crippen LogP contribution in [0.4, 0.5) is 0 Å². The zero-order valence-corrected chi connectivity index (χ0v) is 15.0. The van der Waals surface area contributed by atoms with Gasteiger partial charge in [0.25, 0.3) is 5.91 Å². The van der Waals surface area contributed by atoms with E-state index in [9.17, 15) is 4.79 Å². The molecule has 1 amide bonds. The fourth-order valence-corrected chi connectivity index (χ4v) is 3.64. The van der Waals surface area contributed by atoms with E-state index in [0.717, 1.165) is 51.4 Å². The van der Waals surface area contributed by atoms with E-state index in [0.29, 0.717) is 18.6 Å². The highest BCUT2D eigenvalue weighted by Crippen LogP contribution is 2.28. The molecule has 0 saturated carbocycles. The number of carbonyl (C=O) groups is 1. The minimum Gasteiger partial charge on any atom is -0.366 e. The van der Waals surface area contributed by atoms with Crippen molar-refractivity contribution in [3.05, 3.63) is 12.2 Å². The Morgan fingerprint density at radius 1 is 1.33 bits per heavy atom. The summed E-state index contributed by atoms with van der Waals surface area (Å²) in [6.07, 6.45) is 3.41. The highest BCUT2D eigenvalue weighted by molar-refractivity contribution is 5.81. The van der Waals surface area contributed by atoms with Crippen molar-refractivity contribution in [2.24, 2.45) is 0 Å². The van der Waals surface area contributed by atoms with Crippen LogP contribution in [0.25, 0.3) is 0 Å². The molecular formula is C17H29N5O2. The van der Waals surface area contributed by atoms with Crippen LogP contribution in [0, 0.1) is 0 Å². The summed E-state index contributed by atoms with van der Waals surface area (Å²) in [5.41, 5.74) is 0. The molecule has 0 spiro atoms. The van der Waals surface area contributed by atoms with Gasteiger partial charge in [-0.05, 0) is 33.2 Å². The maximum atomic E-state index is 12.7.